The molecule has 0 saturated carbocycles. The van der Waals surface area contributed by atoms with Gasteiger partial charge in [-0.25, -0.2) is 4.98 Å². The van der Waals surface area contributed by atoms with Gasteiger partial charge in [-0.1, -0.05) is 0 Å². The van der Waals surface area contributed by atoms with E-state index in [9.17, 15) is 9.00 Å². The van der Waals surface area contributed by atoms with Gasteiger partial charge in [0.1, 0.15) is 16.9 Å². The Morgan fingerprint density at radius 3 is 2.67 bits per heavy atom. The molecule has 15 heavy (non-hydrogen) atoms. The van der Waals surface area contributed by atoms with Gasteiger partial charge >= 0.3 is 5.97 Å². The molecule has 1 atom stereocenters. The second-order valence-corrected chi connectivity index (χ2v) is 5.61. The molecular formula is C8H13N3O3S. The number of aryl methyl sites for hydroxylation is 1. The zero-order valence-electron chi connectivity index (χ0n) is 8.80. The number of hydrogen-bond acceptors (Lipinski definition) is 4. The van der Waals surface area contributed by atoms with Crippen LogP contribution in [0.5, 0.6) is 0 Å². The fourth-order valence-corrected chi connectivity index (χ4v) is 1.90. The van der Waals surface area contributed by atoms with Gasteiger partial charge in [0, 0.05) is 17.8 Å². The maximum Gasteiger partial charge on any atom is 0.321 e. The molecule has 0 saturated heterocycles. The number of aliphatic carboxylic acids is 1. The number of rotatable bonds is 4. The Balaban J connectivity index is 2.81. The molecule has 1 heterocycles. The van der Waals surface area contributed by atoms with Crippen LogP contribution in [0.25, 0.3) is 0 Å². The summed E-state index contributed by atoms with van der Waals surface area (Å²) in [6, 6.07) is 0. The van der Waals surface area contributed by atoms with E-state index in [0.29, 0.717) is 5.82 Å². The Morgan fingerprint density at radius 1 is 1.67 bits per heavy atom. The van der Waals surface area contributed by atoms with Gasteiger partial charge in [-0.15, -0.1) is 0 Å². The second kappa shape index (κ2) is 4.09. The largest absolute Gasteiger partial charge is 0.480 e. The van der Waals surface area contributed by atoms with Crippen LogP contribution in [0, 0.1) is 0 Å². The lowest BCUT2D eigenvalue weighted by Crippen LogP contribution is -2.37. The molecule has 0 fully saturated rings. The maximum atomic E-state index is 11.8. The molecule has 0 amide bonds. The van der Waals surface area contributed by atoms with Gasteiger partial charge in [0.2, 0.25) is 0 Å². The van der Waals surface area contributed by atoms with Crippen molar-refractivity contribution < 1.29 is 14.1 Å². The highest BCUT2D eigenvalue weighted by molar-refractivity contribution is 7.86. The number of nitrogens with zero attached hydrogens (tertiary/aromatic N) is 3. The van der Waals surface area contributed by atoms with Crippen molar-refractivity contribution in [3.8, 4) is 0 Å². The van der Waals surface area contributed by atoms with E-state index in [2.05, 4.69) is 10.1 Å². The van der Waals surface area contributed by atoms with Crippen LogP contribution in [0.3, 0.4) is 0 Å². The summed E-state index contributed by atoms with van der Waals surface area (Å²) in [4.78, 5) is 14.7. The average molecular weight is 231 g/mol. The monoisotopic (exact) mass is 231 g/mol. The van der Waals surface area contributed by atoms with Crippen LogP contribution in [-0.2, 0) is 28.4 Å². The first-order valence-electron chi connectivity index (χ1n) is 4.30. The van der Waals surface area contributed by atoms with E-state index in [-0.39, 0.29) is 5.75 Å². The lowest BCUT2D eigenvalue weighted by molar-refractivity contribution is -0.139. The number of aromatic nitrogens is 3. The highest BCUT2D eigenvalue weighted by Crippen LogP contribution is 2.16. The quantitative estimate of drug-likeness (QED) is 0.783. The minimum Gasteiger partial charge on any atom is -0.480 e. The summed E-state index contributed by atoms with van der Waals surface area (Å²) < 4.78 is 12.0. The van der Waals surface area contributed by atoms with Crippen molar-refractivity contribution in [2.45, 2.75) is 24.3 Å². The van der Waals surface area contributed by atoms with Gasteiger partial charge in [0.15, 0.2) is 0 Å². The average Bonchev–Trinajstić information content (AvgIpc) is 2.51. The third-order valence-electron chi connectivity index (χ3n) is 2.15. The van der Waals surface area contributed by atoms with Crippen LogP contribution < -0.4 is 0 Å². The van der Waals surface area contributed by atoms with Gasteiger partial charge in [0.25, 0.3) is 0 Å². The molecule has 1 aromatic heterocycles. The fraction of sp³-hybridized carbons (Fsp3) is 0.625. The van der Waals surface area contributed by atoms with Crippen LogP contribution in [0.4, 0.5) is 0 Å². The predicted octanol–water partition coefficient (Wildman–Crippen LogP) is -0.0730. The molecule has 7 heteroatoms. The summed E-state index contributed by atoms with van der Waals surface area (Å²) in [5.41, 5.74) is 0. The Morgan fingerprint density at radius 2 is 2.27 bits per heavy atom. The molecular weight excluding hydrogens is 218 g/mol. The van der Waals surface area contributed by atoms with Gasteiger partial charge < -0.3 is 5.11 Å². The van der Waals surface area contributed by atoms with Crippen molar-refractivity contribution in [3.05, 3.63) is 12.2 Å². The van der Waals surface area contributed by atoms with E-state index in [1.807, 2.05) is 0 Å². The standard InChI is InChI=1S/C8H13N3O3S/c1-8(2,7(12)13)15(14)4-6-9-5-10-11(6)3/h5H,4H2,1-3H3,(H,12,13). The third-order valence-corrected chi connectivity index (χ3v) is 3.98. The SMILES string of the molecule is Cn1ncnc1CS(=O)C(C)(C)C(=O)O. The zero-order valence-corrected chi connectivity index (χ0v) is 9.61. The van der Waals surface area contributed by atoms with Crippen molar-refractivity contribution in [1.82, 2.24) is 14.8 Å². The molecule has 6 nitrogen and oxygen atoms in total. The number of carbonyl (C=O) groups is 1. The van der Waals surface area contributed by atoms with Crippen LogP contribution in [0.1, 0.15) is 19.7 Å². The van der Waals surface area contributed by atoms with E-state index in [0.717, 1.165) is 0 Å². The molecule has 1 rings (SSSR count). The Hall–Kier alpha value is -1.24. The smallest absolute Gasteiger partial charge is 0.321 e. The fourth-order valence-electron chi connectivity index (χ4n) is 0.846. The lowest BCUT2D eigenvalue weighted by Gasteiger charge is -2.17. The van der Waals surface area contributed by atoms with Crippen molar-refractivity contribution >= 4 is 16.8 Å². The highest BCUT2D eigenvalue weighted by atomic mass is 32.2. The minimum atomic E-state index is -1.52. The summed E-state index contributed by atoms with van der Waals surface area (Å²) in [5.74, 6) is -0.471. The van der Waals surface area contributed by atoms with E-state index in [4.69, 9.17) is 5.11 Å². The highest BCUT2D eigenvalue weighted by Gasteiger charge is 2.34. The number of carboxylic acid groups (broad SMARTS) is 1. The normalized spacial score (nSPS) is 13.8. The zero-order chi connectivity index (χ0) is 11.6. The van der Waals surface area contributed by atoms with E-state index < -0.39 is 21.5 Å². The predicted molar refractivity (Wildman–Crippen MR) is 54.6 cm³/mol. The summed E-state index contributed by atoms with van der Waals surface area (Å²) in [7, 11) is 0.151. The molecule has 0 aliphatic carbocycles. The van der Waals surface area contributed by atoms with Crippen LogP contribution in [0.15, 0.2) is 6.33 Å². The molecule has 0 radical (unpaired) electrons. The topological polar surface area (TPSA) is 85.1 Å². The van der Waals surface area contributed by atoms with Crippen molar-refractivity contribution in [2.24, 2.45) is 7.05 Å². The van der Waals surface area contributed by atoms with E-state index >= 15 is 0 Å². The molecule has 84 valence electrons. The molecule has 0 aliphatic heterocycles. The Kier molecular flexibility index (Phi) is 3.23. The van der Waals surface area contributed by atoms with E-state index in [1.54, 1.807) is 7.05 Å². The summed E-state index contributed by atoms with van der Waals surface area (Å²) in [6.07, 6.45) is 1.35. The molecule has 0 aliphatic rings. The first kappa shape index (κ1) is 11.8. The van der Waals surface area contributed by atoms with Crippen molar-refractivity contribution in [3.63, 3.8) is 0 Å². The van der Waals surface area contributed by atoms with Crippen molar-refractivity contribution in [1.29, 1.82) is 0 Å². The molecule has 1 aromatic rings. The summed E-state index contributed by atoms with van der Waals surface area (Å²) >= 11 is 0. The van der Waals surface area contributed by atoms with Gasteiger partial charge in [-0.05, 0) is 13.8 Å². The lowest BCUT2D eigenvalue weighted by atomic mass is 10.2. The van der Waals surface area contributed by atoms with Crippen molar-refractivity contribution in [2.75, 3.05) is 0 Å². The molecule has 0 spiro atoms. The van der Waals surface area contributed by atoms with Gasteiger partial charge in [-0.2, -0.15) is 5.10 Å². The third kappa shape index (κ3) is 2.41. The Labute approximate surface area is 89.8 Å². The Bertz CT molecular complexity index is 400. The number of hydrogen-bond donors (Lipinski definition) is 1. The number of carboxylic acids is 1. The minimum absolute atomic E-state index is 0.0931. The maximum absolute atomic E-state index is 11.8. The molecule has 0 bridgehead atoms. The van der Waals surface area contributed by atoms with Crippen LogP contribution in [-0.4, -0.2) is 34.8 Å². The summed E-state index contributed by atoms with van der Waals surface area (Å²) in [6.45, 7) is 2.86. The van der Waals surface area contributed by atoms with E-state index in [1.165, 1.54) is 24.9 Å². The molecule has 1 unspecified atom stereocenters. The molecule has 0 aromatic carbocycles. The second-order valence-electron chi connectivity index (χ2n) is 3.61. The first-order chi connectivity index (χ1) is 6.85. The van der Waals surface area contributed by atoms with Gasteiger partial charge in [-0.3, -0.25) is 13.7 Å². The van der Waals surface area contributed by atoms with Crippen LogP contribution >= 0.6 is 0 Å². The molecule has 1 N–H and O–H groups in total. The van der Waals surface area contributed by atoms with Gasteiger partial charge in [0.05, 0.1) is 5.75 Å². The summed E-state index contributed by atoms with van der Waals surface area (Å²) in [5, 5.41) is 12.7. The van der Waals surface area contributed by atoms with Crippen LogP contribution in [0.2, 0.25) is 0 Å². The first-order valence-corrected chi connectivity index (χ1v) is 5.62.